The molecule has 29 heavy (non-hydrogen) atoms. The van der Waals surface area contributed by atoms with Crippen LogP contribution in [0.1, 0.15) is 54.9 Å². The Bertz CT molecular complexity index is 710. The molecule has 6 nitrogen and oxygen atoms in total. The van der Waals surface area contributed by atoms with Crippen molar-refractivity contribution in [2.45, 2.75) is 58.0 Å². The van der Waals surface area contributed by atoms with Crippen LogP contribution in [-0.4, -0.2) is 48.5 Å². The highest BCUT2D eigenvalue weighted by Gasteiger charge is 2.26. The largest absolute Gasteiger partial charge is 0.454 e. The van der Waals surface area contributed by atoms with Crippen molar-refractivity contribution in [3.8, 4) is 0 Å². The van der Waals surface area contributed by atoms with Gasteiger partial charge in [0.25, 0.3) is 11.8 Å². The predicted molar refractivity (Wildman–Crippen MR) is 116 cm³/mol. The third-order valence-corrected chi connectivity index (χ3v) is 5.93. The smallest absolute Gasteiger partial charge is 0.329 e. The van der Waals surface area contributed by atoms with Crippen LogP contribution in [0.4, 0.5) is 0 Å². The Labute approximate surface area is 177 Å². The molecule has 0 aliphatic heterocycles. The molecule has 0 heterocycles. The van der Waals surface area contributed by atoms with E-state index in [0.29, 0.717) is 23.7 Å². The number of carbonyl (C=O) groups is 3. The van der Waals surface area contributed by atoms with Gasteiger partial charge in [-0.3, -0.25) is 9.59 Å². The van der Waals surface area contributed by atoms with Gasteiger partial charge >= 0.3 is 5.97 Å². The van der Waals surface area contributed by atoms with Gasteiger partial charge in [-0.15, -0.1) is 0 Å². The molecule has 1 saturated carbocycles. The number of rotatable bonds is 9. The molecule has 2 rings (SSSR count). The van der Waals surface area contributed by atoms with E-state index in [1.54, 1.807) is 30.0 Å². The highest BCUT2D eigenvalue weighted by Crippen LogP contribution is 2.23. The van der Waals surface area contributed by atoms with Crippen LogP contribution in [-0.2, 0) is 14.3 Å². The minimum Gasteiger partial charge on any atom is -0.454 e. The molecule has 1 aromatic carbocycles. The predicted octanol–water partition coefficient (Wildman–Crippen LogP) is 3.08. The van der Waals surface area contributed by atoms with Crippen LogP contribution in [0.2, 0.25) is 0 Å². The Kier molecular flexibility index (Phi) is 9.51. The van der Waals surface area contributed by atoms with Crippen LogP contribution in [0, 0.1) is 12.8 Å². The first-order valence-electron chi connectivity index (χ1n) is 10.2. The summed E-state index contributed by atoms with van der Waals surface area (Å²) in [5.74, 6) is -0.0548. The molecule has 3 atom stereocenters. The molecule has 0 bridgehead atoms. The number of hydrogen-bond acceptors (Lipinski definition) is 5. The van der Waals surface area contributed by atoms with Gasteiger partial charge in [-0.1, -0.05) is 37.5 Å². The molecular formula is C22H32N2O4S. The minimum atomic E-state index is -0.781. The summed E-state index contributed by atoms with van der Waals surface area (Å²) in [4.78, 5) is 37.2. The molecule has 1 aromatic rings. The second-order valence-electron chi connectivity index (χ2n) is 7.72. The Hall–Kier alpha value is -2.02. The number of esters is 1. The lowest BCUT2D eigenvalue weighted by molar-refractivity contribution is -0.150. The van der Waals surface area contributed by atoms with Crippen LogP contribution in [0.5, 0.6) is 0 Å². The number of ether oxygens (including phenoxy) is 1. The zero-order valence-electron chi connectivity index (χ0n) is 17.5. The van der Waals surface area contributed by atoms with Gasteiger partial charge in [0.15, 0.2) is 6.61 Å². The van der Waals surface area contributed by atoms with Crippen molar-refractivity contribution in [1.29, 1.82) is 0 Å². The first kappa shape index (κ1) is 23.3. The fraction of sp³-hybridized carbons (Fsp3) is 0.591. The molecule has 0 spiro atoms. The van der Waals surface area contributed by atoms with E-state index in [0.717, 1.165) is 24.8 Å². The van der Waals surface area contributed by atoms with Crippen molar-refractivity contribution in [2.75, 3.05) is 18.6 Å². The number of carbonyl (C=O) groups excluding carboxylic acids is 3. The van der Waals surface area contributed by atoms with Crippen molar-refractivity contribution >= 4 is 29.5 Å². The van der Waals surface area contributed by atoms with E-state index in [4.69, 9.17) is 4.74 Å². The van der Waals surface area contributed by atoms with Crippen molar-refractivity contribution in [3.63, 3.8) is 0 Å². The molecule has 160 valence electrons. The number of amides is 2. The number of nitrogens with one attached hydrogen (secondary N) is 2. The van der Waals surface area contributed by atoms with E-state index in [2.05, 4.69) is 17.6 Å². The Morgan fingerprint density at radius 2 is 2.00 bits per heavy atom. The van der Waals surface area contributed by atoms with E-state index in [9.17, 15) is 14.4 Å². The topological polar surface area (TPSA) is 84.5 Å². The molecular weight excluding hydrogens is 388 g/mol. The number of aryl methyl sites for hydroxylation is 1. The quantitative estimate of drug-likeness (QED) is 0.600. The number of thioether (sulfide) groups is 1. The van der Waals surface area contributed by atoms with E-state index < -0.39 is 12.0 Å². The molecule has 0 radical (unpaired) electrons. The molecule has 0 saturated heterocycles. The van der Waals surface area contributed by atoms with Gasteiger partial charge in [-0.05, 0) is 56.2 Å². The Morgan fingerprint density at radius 3 is 2.69 bits per heavy atom. The van der Waals surface area contributed by atoms with Gasteiger partial charge in [0, 0.05) is 11.6 Å². The maximum Gasteiger partial charge on any atom is 0.329 e. The summed E-state index contributed by atoms with van der Waals surface area (Å²) in [5, 5.41) is 5.72. The fourth-order valence-electron chi connectivity index (χ4n) is 3.53. The first-order chi connectivity index (χ1) is 13.9. The normalized spacial score (nSPS) is 19.8. The van der Waals surface area contributed by atoms with Crippen molar-refractivity contribution in [3.05, 3.63) is 35.4 Å². The van der Waals surface area contributed by atoms with E-state index in [1.165, 1.54) is 6.42 Å². The summed E-state index contributed by atoms with van der Waals surface area (Å²) in [6.45, 7) is 3.72. The standard InChI is InChI=1S/C22H32N2O4S/c1-15-7-6-9-17(13-15)21(26)24-19(11-12-29-3)22(27)28-14-20(25)23-18-10-5-4-8-16(18)2/h6-7,9,13,16,18-19H,4-5,8,10-12,14H2,1-3H3,(H,23,25)(H,24,26)/t16-,18+,19+/m0/s1. The zero-order valence-corrected chi connectivity index (χ0v) is 18.3. The van der Waals surface area contributed by atoms with Crippen molar-refractivity contribution < 1.29 is 19.1 Å². The lowest BCUT2D eigenvalue weighted by Gasteiger charge is -2.29. The number of hydrogen-bond donors (Lipinski definition) is 2. The van der Waals surface area contributed by atoms with Gasteiger partial charge < -0.3 is 15.4 Å². The fourth-order valence-corrected chi connectivity index (χ4v) is 4.00. The van der Waals surface area contributed by atoms with Crippen molar-refractivity contribution in [1.82, 2.24) is 10.6 Å². The average Bonchev–Trinajstić information content (AvgIpc) is 2.70. The van der Waals surface area contributed by atoms with Gasteiger partial charge in [-0.25, -0.2) is 4.79 Å². The Balaban J connectivity index is 1.88. The molecule has 0 aromatic heterocycles. The third kappa shape index (κ3) is 7.72. The highest BCUT2D eigenvalue weighted by atomic mass is 32.2. The van der Waals surface area contributed by atoms with Crippen LogP contribution in [0.3, 0.4) is 0 Å². The van der Waals surface area contributed by atoms with Gasteiger partial charge in [0.2, 0.25) is 0 Å². The lowest BCUT2D eigenvalue weighted by atomic mass is 9.86. The zero-order chi connectivity index (χ0) is 21.2. The molecule has 2 amide bonds. The molecule has 0 unspecified atom stereocenters. The lowest BCUT2D eigenvalue weighted by Crippen LogP contribution is -2.45. The maximum absolute atomic E-state index is 12.5. The van der Waals surface area contributed by atoms with Crippen LogP contribution in [0.25, 0.3) is 0 Å². The van der Waals surface area contributed by atoms with Crippen molar-refractivity contribution in [2.24, 2.45) is 5.92 Å². The summed E-state index contributed by atoms with van der Waals surface area (Å²) >= 11 is 1.58. The molecule has 1 fully saturated rings. The molecule has 1 aliphatic rings. The highest BCUT2D eigenvalue weighted by molar-refractivity contribution is 7.98. The SMILES string of the molecule is CSCC[C@@H](NC(=O)c1cccc(C)c1)C(=O)OCC(=O)N[C@@H]1CCCC[C@@H]1C. The van der Waals surface area contributed by atoms with E-state index in [1.807, 2.05) is 19.2 Å². The minimum absolute atomic E-state index is 0.142. The molecule has 7 heteroatoms. The third-order valence-electron chi connectivity index (χ3n) is 5.28. The second-order valence-corrected chi connectivity index (χ2v) is 8.71. The molecule has 1 aliphatic carbocycles. The first-order valence-corrected chi connectivity index (χ1v) is 11.6. The van der Waals surface area contributed by atoms with Crippen LogP contribution >= 0.6 is 11.8 Å². The van der Waals surface area contributed by atoms with Crippen LogP contribution in [0.15, 0.2) is 24.3 Å². The van der Waals surface area contributed by atoms with E-state index >= 15 is 0 Å². The monoisotopic (exact) mass is 420 g/mol. The molecule has 2 N–H and O–H groups in total. The number of benzene rings is 1. The summed E-state index contributed by atoms with van der Waals surface area (Å²) < 4.78 is 5.23. The Morgan fingerprint density at radius 1 is 1.24 bits per heavy atom. The summed E-state index contributed by atoms with van der Waals surface area (Å²) in [6, 6.07) is 6.54. The summed E-state index contributed by atoms with van der Waals surface area (Å²) in [7, 11) is 0. The van der Waals surface area contributed by atoms with Gasteiger partial charge in [0.05, 0.1) is 0 Å². The summed E-state index contributed by atoms with van der Waals surface area (Å²) in [6.07, 6.45) is 6.75. The van der Waals surface area contributed by atoms with Crippen LogP contribution < -0.4 is 10.6 Å². The summed E-state index contributed by atoms with van der Waals surface area (Å²) in [5.41, 5.74) is 1.46. The second kappa shape index (κ2) is 11.9. The van der Waals surface area contributed by atoms with Gasteiger partial charge in [-0.2, -0.15) is 11.8 Å². The maximum atomic E-state index is 12.5. The average molecular weight is 421 g/mol. The van der Waals surface area contributed by atoms with E-state index in [-0.39, 0.29) is 24.5 Å². The van der Waals surface area contributed by atoms with Gasteiger partial charge in [0.1, 0.15) is 6.04 Å².